The molecule has 10 heteroatoms. The Balaban J connectivity index is 1.51. The minimum absolute atomic E-state index is 0.173. The summed E-state index contributed by atoms with van der Waals surface area (Å²) in [5.74, 6) is 1.59. The van der Waals surface area contributed by atoms with Crippen molar-refractivity contribution in [1.82, 2.24) is 19.9 Å². The number of ether oxygens (including phenoxy) is 1. The van der Waals surface area contributed by atoms with Gasteiger partial charge in [-0.2, -0.15) is 15.0 Å². The first-order valence-electron chi connectivity index (χ1n) is 10.8. The van der Waals surface area contributed by atoms with Gasteiger partial charge in [-0.1, -0.05) is 6.92 Å². The molecular weight excluding hydrogens is 413 g/mol. The molecule has 170 valence electrons. The maximum Gasteiger partial charge on any atom is 0.233 e. The van der Waals surface area contributed by atoms with Crippen molar-refractivity contribution in [3.8, 4) is 5.75 Å². The van der Waals surface area contributed by atoms with E-state index in [1.54, 1.807) is 18.4 Å². The SMILES string of the molecule is CCN1CCCC1CNc1nc(NCc2ccco2)nc(Nc2ccc(OC)c(F)c2)n1. The van der Waals surface area contributed by atoms with Crippen molar-refractivity contribution in [3.05, 3.63) is 48.2 Å². The topological polar surface area (TPSA) is 100 Å². The van der Waals surface area contributed by atoms with Gasteiger partial charge in [0, 0.05) is 24.3 Å². The van der Waals surface area contributed by atoms with E-state index in [1.807, 2.05) is 12.1 Å². The number of likely N-dealkylation sites (tertiary alicyclic amines) is 1. The molecule has 0 radical (unpaired) electrons. The van der Waals surface area contributed by atoms with Crippen LogP contribution in [0.4, 0.5) is 27.9 Å². The maximum absolute atomic E-state index is 14.1. The molecule has 1 unspecified atom stereocenters. The molecule has 3 N–H and O–H groups in total. The largest absolute Gasteiger partial charge is 0.494 e. The third kappa shape index (κ3) is 5.44. The third-order valence-corrected chi connectivity index (χ3v) is 5.45. The van der Waals surface area contributed by atoms with Crippen molar-refractivity contribution in [3.63, 3.8) is 0 Å². The number of hydrogen-bond donors (Lipinski definition) is 3. The van der Waals surface area contributed by atoms with Crippen molar-refractivity contribution in [2.45, 2.75) is 32.4 Å². The first kappa shape index (κ1) is 21.8. The van der Waals surface area contributed by atoms with Gasteiger partial charge >= 0.3 is 0 Å². The highest BCUT2D eigenvalue weighted by Gasteiger charge is 2.23. The van der Waals surface area contributed by atoms with Gasteiger partial charge in [-0.25, -0.2) is 4.39 Å². The van der Waals surface area contributed by atoms with E-state index >= 15 is 0 Å². The molecule has 1 aliphatic heterocycles. The van der Waals surface area contributed by atoms with Gasteiger partial charge < -0.3 is 25.1 Å². The van der Waals surface area contributed by atoms with E-state index < -0.39 is 5.82 Å². The van der Waals surface area contributed by atoms with Crippen LogP contribution in [0.25, 0.3) is 0 Å². The third-order valence-electron chi connectivity index (χ3n) is 5.45. The lowest BCUT2D eigenvalue weighted by Gasteiger charge is -2.23. The number of rotatable bonds is 10. The Hall–Kier alpha value is -3.40. The second kappa shape index (κ2) is 10.3. The fourth-order valence-electron chi connectivity index (χ4n) is 3.79. The fraction of sp³-hybridized carbons (Fsp3) is 0.409. The van der Waals surface area contributed by atoms with Crippen LogP contribution in [0.15, 0.2) is 41.0 Å². The number of nitrogens with zero attached hydrogens (tertiary/aromatic N) is 4. The highest BCUT2D eigenvalue weighted by atomic mass is 19.1. The van der Waals surface area contributed by atoms with Gasteiger partial charge in [-0.05, 0) is 50.2 Å². The molecule has 0 aliphatic carbocycles. The summed E-state index contributed by atoms with van der Waals surface area (Å²) in [6, 6.07) is 8.72. The highest BCUT2D eigenvalue weighted by molar-refractivity contribution is 5.57. The average molecular weight is 442 g/mol. The van der Waals surface area contributed by atoms with E-state index in [-0.39, 0.29) is 5.75 Å². The van der Waals surface area contributed by atoms with Crippen LogP contribution in [0.5, 0.6) is 5.75 Å². The Kier molecular flexibility index (Phi) is 7.00. The number of anilines is 4. The summed E-state index contributed by atoms with van der Waals surface area (Å²) in [6.45, 7) is 5.49. The maximum atomic E-state index is 14.1. The lowest BCUT2D eigenvalue weighted by atomic mass is 10.2. The van der Waals surface area contributed by atoms with Crippen molar-refractivity contribution >= 4 is 23.5 Å². The molecule has 2 aromatic heterocycles. The second-order valence-corrected chi connectivity index (χ2v) is 7.52. The Morgan fingerprint density at radius 1 is 1.16 bits per heavy atom. The molecule has 1 saturated heterocycles. The number of aromatic nitrogens is 3. The molecule has 3 aromatic rings. The monoisotopic (exact) mass is 441 g/mol. The van der Waals surface area contributed by atoms with Crippen molar-refractivity contribution in [2.24, 2.45) is 0 Å². The van der Waals surface area contributed by atoms with Gasteiger partial charge in [0.25, 0.3) is 0 Å². The van der Waals surface area contributed by atoms with Crippen molar-refractivity contribution in [1.29, 1.82) is 0 Å². The van der Waals surface area contributed by atoms with Crippen LogP contribution in [0.3, 0.4) is 0 Å². The molecule has 1 aromatic carbocycles. The fourth-order valence-corrected chi connectivity index (χ4v) is 3.79. The van der Waals surface area contributed by atoms with Crippen LogP contribution in [0.1, 0.15) is 25.5 Å². The standard InChI is InChI=1S/C22H28FN7O2/c1-3-30-10-4-6-16(30)13-24-20-27-21(25-14-17-7-5-11-32-17)29-22(28-20)26-15-8-9-19(31-2)18(23)12-15/h5,7-9,11-12,16H,3-4,6,10,13-14H2,1-2H3,(H3,24,25,26,27,28,29). The van der Waals surface area contributed by atoms with Crippen LogP contribution >= 0.6 is 0 Å². The predicted molar refractivity (Wildman–Crippen MR) is 121 cm³/mol. The first-order chi connectivity index (χ1) is 15.6. The average Bonchev–Trinajstić information content (AvgIpc) is 3.48. The Labute approximate surface area is 186 Å². The summed E-state index contributed by atoms with van der Waals surface area (Å²) >= 11 is 0. The van der Waals surface area contributed by atoms with E-state index in [4.69, 9.17) is 9.15 Å². The molecule has 0 spiro atoms. The smallest absolute Gasteiger partial charge is 0.233 e. The number of nitrogens with one attached hydrogen (secondary N) is 3. The number of benzene rings is 1. The number of likely N-dealkylation sites (N-methyl/N-ethyl adjacent to an activating group) is 1. The predicted octanol–water partition coefficient (Wildman–Crippen LogP) is 3.86. The number of hydrogen-bond acceptors (Lipinski definition) is 9. The molecule has 0 saturated carbocycles. The molecule has 4 rings (SSSR count). The zero-order chi connectivity index (χ0) is 22.3. The lowest BCUT2D eigenvalue weighted by molar-refractivity contribution is 0.277. The Bertz CT molecular complexity index is 1020. The normalized spacial score (nSPS) is 16.2. The molecule has 9 nitrogen and oxygen atoms in total. The highest BCUT2D eigenvalue weighted by Crippen LogP contribution is 2.23. The van der Waals surface area contributed by atoms with Gasteiger partial charge in [0.15, 0.2) is 11.6 Å². The summed E-state index contributed by atoms with van der Waals surface area (Å²) in [4.78, 5) is 15.8. The van der Waals surface area contributed by atoms with Crippen LogP contribution in [-0.4, -0.2) is 52.6 Å². The number of halogens is 1. The summed E-state index contributed by atoms with van der Waals surface area (Å²) in [5.41, 5.74) is 0.505. The summed E-state index contributed by atoms with van der Waals surface area (Å²) in [7, 11) is 1.43. The second-order valence-electron chi connectivity index (χ2n) is 7.52. The summed E-state index contributed by atoms with van der Waals surface area (Å²) < 4.78 is 24.4. The van der Waals surface area contributed by atoms with Crippen LogP contribution in [-0.2, 0) is 6.54 Å². The van der Waals surface area contributed by atoms with Gasteiger partial charge in [0.05, 0.1) is 19.9 Å². The molecule has 1 fully saturated rings. The van der Waals surface area contributed by atoms with Crippen LogP contribution < -0.4 is 20.7 Å². The van der Waals surface area contributed by atoms with Crippen molar-refractivity contribution in [2.75, 3.05) is 42.7 Å². The minimum atomic E-state index is -0.470. The molecule has 0 bridgehead atoms. The number of methoxy groups -OCH3 is 1. The van der Waals surface area contributed by atoms with E-state index in [1.165, 1.54) is 19.6 Å². The van der Waals surface area contributed by atoms with E-state index in [0.29, 0.717) is 36.1 Å². The molecule has 1 aliphatic rings. The number of furan rings is 1. The zero-order valence-corrected chi connectivity index (χ0v) is 18.3. The van der Waals surface area contributed by atoms with Crippen LogP contribution in [0, 0.1) is 5.82 Å². The Morgan fingerprint density at radius 2 is 1.97 bits per heavy atom. The van der Waals surface area contributed by atoms with Gasteiger partial charge in [-0.3, -0.25) is 4.90 Å². The van der Waals surface area contributed by atoms with E-state index in [9.17, 15) is 4.39 Å². The zero-order valence-electron chi connectivity index (χ0n) is 18.3. The van der Waals surface area contributed by atoms with Gasteiger partial charge in [-0.15, -0.1) is 0 Å². The molecule has 3 heterocycles. The van der Waals surface area contributed by atoms with Crippen molar-refractivity contribution < 1.29 is 13.5 Å². The Morgan fingerprint density at radius 3 is 2.69 bits per heavy atom. The quantitative estimate of drug-likeness (QED) is 0.433. The van der Waals surface area contributed by atoms with Crippen LogP contribution in [0.2, 0.25) is 0 Å². The van der Waals surface area contributed by atoms with E-state index in [2.05, 4.69) is 42.7 Å². The molecular formula is C22H28FN7O2. The minimum Gasteiger partial charge on any atom is -0.494 e. The summed E-state index contributed by atoms with van der Waals surface area (Å²) in [6.07, 6.45) is 3.96. The molecule has 32 heavy (non-hydrogen) atoms. The lowest BCUT2D eigenvalue weighted by Crippen LogP contribution is -2.35. The van der Waals surface area contributed by atoms with E-state index in [0.717, 1.165) is 31.8 Å². The summed E-state index contributed by atoms with van der Waals surface area (Å²) in [5, 5.41) is 9.54. The molecule has 0 amide bonds. The first-order valence-corrected chi connectivity index (χ1v) is 10.8. The van der Waals surface area contributed by atoms with Gasteiger partial charge in [0.2, 0.25) is 17.8 Å². The molecule has 1 atom stereocenters. The van der Waals surface area contributed by atoms with Gasteiger partial charge in [0.1, 0.15) is 5.76 Å².